The van der Waals surface area contributed by atoms with Gasteiger partial charge in [0.15, 0.2) is 6.29 Å². The van der Waals surface area contributed by atoms with Crippen molar-refractivity contribution in [3.8, 4) is 22.8 Å². The maximum Gasteiger partial charge on any atom is 0.157 e. The number of benzene rings is 2. The number of aryl methyl sites for hydroxylation is 1. The Morgan fingerprint density at radius 2 is 1.83 bits per heavy atom. The number of hydrogen-bond donors (Lipinski definition) is 0. The molecule has 118 valence electrons. The van der Waals surface area contributed by atoms with Gasteiger partial charge < -0.3 is 9.47 Å². The van der Waals surface area contributed by atoms with Crippen molar-refractivity contribution in [1.82, 2.24) is 9.78 Å². The lowest BCUT2D eigenvalue weighted by atomic mass is 10.0. The Bertz CT molecular complexity index is 877. The molecule has 0 aliphatic rings. The van der Waals surface area contributed by atoms with Gasteiger partial charge in [-0.05, 0) is 34.1 Å². The van der Waals surface area contributed by atoms with E-state index in [1.807, 2.05) is 29.9 Å². The quantitative estimate of drug-likeness (QED) is 0.651. The molecule has 0 bridgehead atoms. The van der Waals surface area contributed by atoms with Crippen molar-refractivity contribution in [1.29, 1.82) is 0 Å². The van der Waals surface area contributed by atoms with Gasteiger partial charge in [-0.25, -0.2) is 0 Å². The molecule has 1 aromatic heterocycles. The highest BCUT2D eigenvalue weighted by Crippen LogP contribution is 2.37. The van der Waals surface area contributed by atoms with E-state index in [0.29, 0.717) is 17.1 Å². The maximum absolute atomic E-state index is 11.3. The minimum absolute atomic E-state index is 0.389. The Hall–Kier alpha value is -2.34. The molecule has 3 rings (SSSR count). The van der Waals surface area contributed by atoms with E-state index in [2.05, 4.69) is 21.0 Å². The first-order chi connectivity index (χ1) is 11.1. The molecule has 0 N–H and O–H groups in total. The van der Waals surface area contributed by atoms with Crippen molar-refractivity contribution in [2.75, 3.05) is 14.2 Å². The zero-order valence-electron chi connectivity index (χ0n) is 13.0. The van der Waals surface area contributed by atoms with Crippen LogP contribution in [0.25, 0.3) is 22.2 Å². The molecule has 0 saturated carbocycles. The van der Waals surface area contributed by atoms with Gasteiger partial charge >= 0.3 is 0 Å². The molecule has 0 amide bonds. The van der Waals surface area contributed by atoms with Crippen LogP contribution in [0.3, 0.4) is 0 Å². The van der Waals surface area contributed by atoms with Crippen LogP contribution >= 0.6 is 15.9 Å². The average molecular weight is 375 g/mol. The second-order valence-electron chi connectivity index (χ2n) is 5.02. The fourth-order valence-electron chi connectivity index (χ4n) is 2.69. The number of carbonyl (C=O) groups is 1. The van der Waals surface area contributed by atoms with Crippen LogP contribution in [0.1, 0.15) is 10.4 Å². The van der Waals surface area contributed by atoms with Gasteiger partial charge in [-0.2, -0.15) is 5.10 Å². The van der Waals surface area contributed by atoms with Crippen LogP contribution in [-0.4, -0.2) is 30.3 Å². The summed E-state index contributed by atoms with van der Waals surface area (Å²) in [4.78, 5) is 11.3. The van der Waals surface area contributed by atoms with Crippen LogP contribution in [0.5, 0.6) is 11.5 Å². The molecule has 0 atom stereocenters. The number of hydrogen-bond acceptors (Lipinski definition) is 4. The van der Waals surface area contributed by atoms with Gasteiger partial charge in [0.25, 0.3) is 0 Å². The summed E-state index contributed by atoms with van der Waals surface area (Å²) in [6, 6.07) is 9.55. The van der Waals surface area contributed by atoms with E-state index in [1.54, 1.807) is 12.1 Å². The number of aromatic nitrogens is 2. The molecule has 6 heteroatoms. The number of para-hydroxylation sites is 1. The van der Waals surface area contributed by atoms with Crippen LogP contribution in [0.2, 0.25) is 0 Å². The molecule has 0 saturated heterocycles. The minimum atomic E-state index is 0.389. The van der Waals surface area contributed by atoms with E-state index in [-0.39, 0.29) is 0 Å². The molecule has 0 aliphatic carbocycles. The summed E-state index contributed by atoms with van der Waals surface area (Å²) in [5.74, 6) is 0.922. The van der Waals surface area contributed by atoms with Gasteiger partial charge in [0, 0.05) is 22.5 Å². The largest absolute Gasteiger partial charge is 0.496 e. The van der Waals surface area contributed by atoms with E-state index >= 15 is 0 Å². The predicted molar refractivity (Wildman–Crippen MR) is 92.3 cm³/mol. The minimum Gasteiger partial charge on any atom is -0.496 e. The van der Waals surface area contributed by atoms with Crippen LogP contribution < -0.4 is 9.47 Å². The molecule has 23 heavy (non-hydrogen) atoms. The summed E-state index contributed by atoms with van der Waals surface area (Å²) in [6.07, 6.45) is 0.731. The van der Waals surface area contributed by atoms with E-state index < -0.39 is 0 Å². The highest BCUT2D eigenvalue weighted by molar-refractivity contribution is 9.10. The summed E-state index contributed by atoms with van der Waals surface area (Å²) < 4.78 is 13.4. The number of carbonyl (C=O) groups excluding carboxylic acids is 1. The normalized spacial score (nSPS) is 10.8. The lowest BCUT2D eigenvalue weighted by Gasteiger charge is -2.11. The Balaban J connectivity index is 2.31. The van der Waals surface area contributed by atoms with Crippen molar-refractivity contribution in [2.24, 2.45) is 7.05 Å². The molecule has 0 aliphatic heterocycles. The first kappa shape index (κ1) is 15.6. The Labute approximate surface area is 141 Å². The first-order valence-corrected chi connectivity index (χ1v) is 7.72. The van der Waals surface area contributed by atoms with Gasteiger partial charge in [0.2, 0.25) is 0 Å². The monoisotopic (exact) mass is 374 g/mol. The zero-order chi connectivity index (χ0) is 16.6. The second kappa shape index (κ2) is 6.04. The highest BCUT2D eigenvalue weighted by Gasteiger charge is 2.17. The van der Waals surface area contributed by atoms with Crippen LogP contribution in [0.15, 0.2) is 34.8 Å². The number of fused-ring (bicyclic) bond motifs is 1. The lowest BCUT2D eigenvalue weighted by molar-refractivity contribution is 0.111. The van der Waals surface area contributed by atoms with Crippen molar-refractivity contribution in [3.05, 3.63) is 40.4 Å². The van der Waals surface area contributed by atoms with Gasteiger partial charge in [-0.15, -0.1) is 0 Å². The standard InChI is InChI=1S/C17H15BrN2O3/c1-20-17-11(5-4-6-13(17)18)16(19-20)10-7-14(22-2)12(9-21)15(8-10)23-3/h4-9H,1-3H3. The van der Waals surface area contributed by atoms with Crippen LogP contribution in [-0.2, 0) is 7.05 Å². The zero-order valence-corrected chi connectivity index (χ0v) is 14.5. The SMILES string of the molecule is COc1cc(-c2nn(C)c3c(Br)cccc23)cc(OC)c1C=O. The first-order valence-electron chi connectivity index (χ1n) is 6.93. The van der Waals surface area contributed by atoms with Gasteiger partial charge in [-0.3, -0.25) is 9.48 Å². The van der Waals surface area contributed by atoms with E-state index in [4.69, 9.17) is 9.47 Å². The fraction of sp³-hybridized carbons (Fsp3) is 0.176. The third-order valence-corrected chi connectivity index (χ3v) is 4.39. The molecule has 5 nitrogen and oxygen atoms in total. The number of halogens is 1. The summed E-state index contributed by atoms with van der Waals surface area (Å²) in [6.45, 7) is 0. The molecule has 0 radical (unpaired) electrons. The average Bonchev–Trinajstić information content (AvgIpc) is 2.91. The van der Waals surface area contributed by atoms with E-state index in [0.717, 1.165) is 32.9 Å². The number of nitrogens with zero attached hydrogens (tertiary/aromatic N) is 2. The molecule has 0 unspecified atom stereocenters. The molecule has 0 fully saturated rings. The van der Waals surface area contributed by atoms with Crippen molar-refractivity contribution < 1.29 is 14.3 Å². The van der Waals surface area contributed by atoms with Gasteiger partial charge in [-0.1, -0.05) is 12.1 Å². The number of methoxy groups -OCH3 is 2. The fourth-order valence-corrected chi connectivity index (χ4v) is 3.32. The molecule has 3 aromatic rings. The van der Waals surface area contributed by atoms with E-state index in [1.165, 1.54) is 14.2 Å². The lowest BCUT2D eigenvalue weighted by Crippen LogP contribution is -1.97. The Kier molecular flexibility index (Phi) is 4.09. The van der Waals surface area contributed by atoms with Crippen molar-refractivity contribution in [3.63, 3.8) is 0 Å². The third-order valence-electron chi connectivity index (χ3n) is 3.75. The Morgan fingerprint density at radius 1 is 1.17 bits per heavy atom. The molecule has 0 spiro atoms. The maximum atomic E-state index is 11.3. The van der Waals surface area contributed by atoms with Crippen LogP contribution in [0.4, 0.5) is 0 Å². The summed E-state index contributed by atoms with van der Waals surface area (Å²) in [5.41, 5.74) is 3.02. The molecular weight excluding hydrogens is 360 g/mol. The second-order valence-corrected chi connectivity index (χ2v) is 5.87. The van der Waals surface area contributed by atoms with E-state index in [9.17, 15) is 4.79 Å². The topological polar surface area (TPSA) is 53.4 Å². The third kappa shape index (κ3) is 2.49. The predicted octanol–water partition coefficient (Wildman–Crippen LogP) is 3.83. The highest BCUT2D eigenvalue weighted by atomic mass is 79.9. The summed E-state index contributed by atoms with van der Waals surface area (Å²) in [7, 11) is 4.95. The van der Waals surface area contributed by atoms with Crippen molar-refractivity contribution in [2.45, 2.75) is 0 Å². The van der Waals surface area contributed by atoms with Gasteiger partial charge in [0.1, 0.15) is 17.2 Å². The molecular formula is C17H15BrN2O3. The number of aldehydes is 1. The molecule has 1 heterocycles. The van der Waals surface area contributed by atoms with Gasteiger partial charge in [0.05, 0.1) is 25.3 Å². The Morgan fingerprint density at radius 3 is 2.39 bits per heavy atom. The summed E-state index contributed by atoms with van der Waals surface area (Å²) >= 11 is 3.56. The van der Waals surface area contributed by atoms with Crippen LogP contribution in [0, 0.1) is 0 Å². The number of ether oxygens (including phenoxy) is 2. The van der Waals surface area contributed by atoms with Crippen molar-refractivity contribution >= 4 is 33.1 Å². The number of rotatable bonds is 4. The molecule has 2 aromatic carbocycles. The smallest absolute Gasteiger partial charge is 0.157 e. The summed E-state index contributed by atoms with van der Waals surface area (Å²) in [5, 5.41) is 5.62.